The van der Waals surface area contributed by atoms with Crippen molar-refractivity contribution in [3.63, 3.8) is 0 Å². The minimum absolute atomic E-state index is 0.0182. The molecule has 0 aliphatic carbocycles. The lowest BCUT2D eigenvalue weighted by molar-refractivity contribution is -0.135. The number of aromatic amines is 2. The van der Waals surface area contributed by atoms with E-state index in [-0.39, 0.29) is 23.8 Å². The lowest BCUT2D eigenvalue weighted by Gasteiger charge is -2.36. The molecule has 302 valence electrons. The Bertz CT molecular complexity index is 2020. The zero-order chi connectivity index (χ0) is 40.1. The second-order valence-electron chi connectivity index (χ2n) is 14.9. The number of carbonyl (C=O) groups is 2. The van der Waals surface area contributed by atoms with Gasteiger partial charge in [0.2, 0.25) is 12.3 Å². The maximum Gasteiger partial charge on any atom is 0.407 e. The van der Waals surface area contributed by atoms with Gasteiger partial charge in [-0.1, -0.05) is 58.9 Å². The van der Waals surface area contributed by atoms with Crippen LogP contribution >= 0.6 is 0 Å². The van der Waals surface area contributed by atoms with Crippen molar-refractivity contribution in [1.82, 2.24) is 49.8 Å². The summed E-state index contributed by atoms with van der Waals surface area (Å²) < 4.78 is 17.7. The molecule has 0 saturated carbocycles. The number of H-pyrrole nitrogens is 2. The molecule has 1 saturated heterocycles. The lowest BCUT2D eigenvalue weighted by atomic mass is 10.0. The Morgan fingerprint density at radius 2 is 1.75 bits per heavy atom. The van der Waals surface area contributed by atoms with E-state index in [9.17, 15) is 19.8 Å². The van der Waals surface area contributed by atoms with E-state index in [1.807, 2.05) is 80.6 Å². The third-order valence-corrected chi connectivity index (χ3v) is 10.2. The number of carbonyl (C=O) groups excluding carboxylic acids is 2. The van der Waals surface area contributed by atoms with Crippen molar-refractivity contribution >= 4 is 17.8 Å². The van der Waals surface area contributed by atoms with E-state index in [4.69, 9.17) is 18.9 Å². The molecule has 56 heavy (non-hydrogen) atoms. The van der Waals surface area contributed by atoms with Crippen LogP contribution in [0.15, 0.2) is 53.5 Å². The number of ether oxygens (including phenoxy) is 2. The monoisotopic (exact) mass is 774 g/mol. The quantitative estimate of drug-likeness (QED) is 0.0722. The van der Waals surface area contributed by atoms with Crippen molar-refractivity contribution in [2.75, 3.05) is 27.3 Å². The average molecular weight is 775 g/mol. The molecule has 6 rings (SSSR count). The van der Waals surface area contributed by atoms with Crippen molar-refractivity contribution in [2.45, 2.75) is 91.2 Å². The highest BCUT2D eigenvalue weighted by molar-refractivity contribution is 5.86. The van der Waals surface area contributed by atoms with Gasteiger partial charge in [-0.3, -0.25) is 19.4 Å². The summed E-state index contributed by atoms with van der Waals surface area (Å²) in [6.45, 7) is 11.3. The Labute approximate surface area is 325 Å². The predicted molar refractivity (Wildman–Crippen MR) is 207 cm³/mol. The van der Waals surface area contributed by atoms with Crippen molar-refractivity contribution in [2.24, 2.45) is 11.8 Å². The van der Waals surface area contributed by atoms with Gasteiger partial charge in [0.25, 0.3) is 0 Å². The lowest BCUT2D eigenvalue weighted by Crippen LogP contribution is -2.55. The van der Waals surface area contributed by atoms with Gasteiger partial charge in [-0.15, -0.1) is 0 Å². The number of hydrogen-bond donors (Lipinski definition) is 6. The van der Waals surface area contributed by atoms with Crippen LogP contribution in [0.25, 0.3) is 39.8 Å². The Morgan fingerprint density at radius 3 is 2.41 bits per heavy atom. The number of aliphatic hydroxyl groups excluding tert-OH is 2. The summed E-state index contributed by atoms with van der Waals surface area (Å²) in [5.41, 5.74) is 4.09. The Balaban J connectivity index is 1.11. The molecule has 1 fully saturated rings. The van der Waals surface area contributed by atoms with Crippen LogP contribution in [0.4, 0.5) is 4.79 Å². The summed E-state index contributed by atoms with van der Waals surface area (Å²) in [5, 5.41) is 26.9. The molecular weight excluding hydrogens is 720 g/mol. The summed E-state index contributed by atoms with van der Waals surface area (Å²) in [5.74, 6) is 2.11. The van der Waals surface area contributed by atoms with Crippen LogP contribution in [0.3, 0.4) is 0 Å². The van der Waals surface area contributed by atoms with E-state index in [1.165, 1.54) is 14.2 Å². The molecule has 4 aromatic heterocycles. The Morgan fingerprint density at radius 1 is 1.02 bits per heavy atom. The van der Waals surface area contributed by atoms with E-state index in [1.54, 1.807) is 17.3 Å². The third kappa shape index (κ3) is 8.97. The predicted octanol–water partition coefficient (Wildman–Crippen LogP) is 4.49. The van der Waals surface area contributed by atoms with Crippen molar-refractivity contribution < 1.29 is 33.7 Å². The van der Waals surface area contributed by atoms with E-state index >= 15 is 0 Å². The summed E-state index contributed by atoms with van der Waals surface area (Å²) in [4.78, 5) is 49.8. The number of amides is 2. The van der Waals surface area contributed by atoms with Crippen molar-refractivity contribution in [3.05, 3.63) is 60.7 Å². The SMILES string of the molecule is CCCN(Cc1ncc(-c2cn3cc(-c4ccc(-c5cnc(C6CCCN6C(=O)C(NC(=O)OC)C(C)C)[nH]5)cc4)nc3o2)[nH]1)C(O)C(NC(O)OC)C(C)C. The van der Waals surface area contributed by atoms with Gasteiger partial charge in [0.05, 0.1) is 55.7 Å². The van der Waals surface area contributed by atoms with E-state index in [0.717, 1.165) is 41.8 Å². The van der Waals surface area contributed by atoms with Crippen LogP contribution in [0.1, 0.15) is 71.6 Å². The number of nitrogens with zero attached hydrogens (tertiary/aromatic N) is 6. The first-order valence-corrected chi connectivity index (χ1v) is 19.1. The zero-order valence-electron chi connectivity index (χ0n) is 33.0. The maximum absolute atomic E-state index is 13.5. The first-order valence-electron chi connectivity index (χ1n) is 19.1. The number of imidazole rings is 3. The van der Waals surface area contributed by atoms with Gasteiger partial charge in [-0.2, -0.15) is 4.98 Å². The molecule has 5 heterocycles. The molecule has 6 N–H and O–H groups in total. The van der Waals surface area contributed by atoms with Crippen molar-refractivity contribution in [1.29, 1.82) is 0 Å². The van der Waals surface area contributed by atoms with Crippen LogP contribution in [0.5, 0.6) is 0 Å². The number of benzene rings is 1. The molecule has 0 bridgehead atoms. The highest BCUT2D eigenvalue weighted by atomic mass is 16.6. The van der Waals surface area contributed by atoms with Crippen LogP contribution < -0.4 is 10.6 Å². The number of aromatic nitrogens is 6. The number of aliphatic hydroxyl groups is 2. The van der Waals surface area contributed by atoms with Gasteiger partial charge in [-0.05, 0) is 36.7 Å². The van der Waals surface area contributed by atoms with Crippen LogP contribution in [0, 0.1) is 11.8 Å². The van der Waals surface area contributed by atoms with Gasteiger partial charge in [0.15, 0.2) is 5.76 Å². The molecule has 17 nitrogen and oxygen atoms in total. The topological polar surface area (TPSA) is 211 Å². The fourth-order valence-electron chi connectivity index (χ4n) is 7.16. The maximum atomic E-state index is 13.5. The normalized spacial score (nSPS) is 16.9. The van der Waals surface area contributed by atoms with Gasteiger partial charge in [0, 0.05) is 32.0 Å². The standard InChI is InChI=1S/C39H54N10O7/c1-8-15-47(35(50)32(22(2)3)45-38(52)54-6)21-31-40-18-27(42-31)30-20-48-19-28(44-37(48)56-30)25-13-11-24(12-14-25)26-17-41-34(43-26)29-10-9-16-49(29)36(51)33(23(4)5)46-39(53)55-7/h11-14,17-20,22-23,29,32-33,35,38,45,50,52H,8-10,15-16,21H2,1-7H3,(H,40,42)(H,41,43)(H,46,53). The van der Waals surface area contributed by atoms with Gasteiger partial charge >= 0.3 is 11.9 Å². The third-order valence-electron chi connectivity index (χ3n) is 10.2. The number of alkyl carbamates (subject to hydrolysis) is 1. The molecule has 0 radical (unpaired) electrons. The molecular formula is C39H54N10O7. The smallest absolute Gasteiger partial charge is 0.407 e. The molecule has 5 unspecified atom stereocenters. The Hall–Kier alpha value is -5.07. The summed E-state index contributed by atoms with van der Waals surface area (Å²) >= 11 is 0. The number of methoxy groups -OCH3 is 2. The van der Waals surface area contributed by atoms with E-state index < -0.39 is 30.8 Å². The minimum Gasteiger partial charge on any atom is -0.453 e. The summed E-state index contributed by atoms with van der Waals surface area (Å²) in [6, 6.07) is 6.61. The first kappa shape index (κ1) is 40.6. The number of nitrogens with one attached hydrogen (secondary N) is 4. The van der Waals surface area contributed by atoms with Crippen LogP contribution in [0.2, 0.25) is 0 Å². The number of fused-ring (bicyclic) bond motifs is 1. The highest BCUT2D eigenvalue weighted by Gasteiger charge is 2.37. The molecule has 17 heteroatoms. The first-order chi connectivity index (χ1) is 26.9. The van der Waals surface area contributed by atoms with Gasteiger partial charge in [0.1, 0.15) is 29.6 Å². The van der Waals surface area contributed by atoms with Crippen molar-refractivity contribution in [3.8, 4) is 34.0 Å². The fraction of sp³-hybridized carbons (Fsp3) is 0.513. The largest absolute Gasteiger partial charge is 0.453 e. The second kappa shape index (κ2) is 17.8. The number of hydrogen-bond acceptors (Lipinski definition) is 12. The molecule has 5 atom stereocenters. The molecule has 5 aromatic rings. The van der Waals surface area contributed by atoms with E-state index in [2.05, 4.69) is 30.6 Å². The highest BCUT2D eigenvalue weighted by Crippen LogP contribution is 2.33. The average Bonchev–Trinajstić information content (AvgIpc) is 4.03. The molecule has 1 aliphatic heterocycles. The van der Waals surface area contributed by atoms with Gasteiger partial charge < -0.3 is 44.3 Å². The summed E-state index contributed by atoms with van der Waals surface area (Å²) in [6.07, 6.45) is 6.93. The minimum atomic E-state index is -1.19. The van der Waals surface area contributed by atoms with Gasteiger partial charge in [-0.25, -0.2) is 14.8 Å². The molecule has 2 amide bonds. The second-order valence-corrected chi connectivity index (χ2v) is 14.9. The molecule has 0 spiro atoms. The fourth-order valence-corrected chi connectivity index (χ4v) is 7.16. The summed E-state index contributed by atoms with van der Waals surface area (Å²) in [7, 11) is 2.68. The molecule has 1 aromatic carbocycles. The Kier molecular flexibility index (Phi) is 12.9. The number of rotatable bonds is 17. The van der Waals surface area contributed by atoms with E-state index in [0.29, 0.717) is 48.6 Å². The zero-order valence-corrected chi connectivity index (χ0v) is 33.0. The molecule has 1 aliphatic rings. The number of oxazole rings is 1. The van der Waals surface area contributed by atoms with Crippen LogP contribution in [-0.4, -0.2) is 113 Å². The number of likely N-dealkylation sites (tertiary alicyclic amines) is 1. The van der Waals surface area contributed by atoms with Crippen LogP contribution in [-0.2, 0) is 20.8 Å².